The van der Waals surface area contributed by atoms with Crippen LogP contribution in [0.15, 0.2) is 42.5 Å². The molecule has 0 fully saturated rings. The van der Waals surface area contributed by atoms with Crippen LogP contribution in [0.25, 0.3) is 0 Å². The van der Waals surface area contributed by atoms with Crippen molar-refractivity contribution in [3.05, 3.63) is 63.6 Å². The van der Waals surface area contributed by atoms with Gasteiger partial charge in [0.25, 0.3) is 5.91 Å². The zero-order chi connectivity index (χ0) is 17.7. The predicted octanol–water partition coefficient (Wildman–Crippen LogP) is 4.86. The van der Waals surface area contributed by atoms with E-state index in [2.05, 4.69) is 10.1 Å². The van der Waals surface area contributed by atoms with Gasteiger partial charge in [-0.05, 0) is 35.9 Å². The summed E-state index contributed by atoms with van der Waals surface area (Å²) in [5.41, 5.74) is 0.940. The van der Waals surface area contributed by atoms with Crippen molar-refractivity contribution in [2.45, 2.75) is 12.7 Å². The second-order valence-electron chi connectivity index (χ2n) is 4.85. The second-order valence-corrected chi connectivity index (χ2v) is 5.70. The number of carbonyl (C=O) groups excluding carboxylic acids is 1. The quantitative estimate of drug-likeness (QED) is 0.807. The van der Waals surface area contributed by atoms with Gasteiger partial charge in [-0.3, -0.25) is 4.79 Å². The van der Waals surface area contributed by atoms with Gasteiger partial charge in [0.05, 0.1) is 10.6 Å². The summed E-state index contributed by atoms with van der Waals surface area (Å²) >= 11 is 11.8. The van der Waals surface area contributed by atoms with E-state index in [4.69, 9.17) is 23.2 Å². The molecular weight excluding hydrogens is 366 g/mol. The minimum Gasteiger partial charge on any atom is -0.484 e. The highest BCUT2D eigenvalue weighted by Crippen LogP contribution is 2.21. The third-order valence-corrected chi connectivity index (χ3v) is 3.52. The van der Waals surface area contributed by atoms with E-state index in [0.717, 1.165) is 0 Å². The summed E-state index contributed by atoms with van der Waals surface area (Å²) in [5.74, 6) is -0.305. The van der Waals surface area contributed by atoms with Crippen LogP contribution in [-0.4, -0.2) is 18.7 Å². The topological polar surface area (TPSA) is 38.3 Å². The molecule has 2 aromatic rings. The van der Waals surface area contributed by atoms with Gasteiger partial charge in [0.2, 0.25) is 0 Å². The van der Waals surface area contributed by atoms with E-state index >= 15 is 0 Å². The molecule has 0 aliphatic heterocycles. The summed E-state index contributed by atoms with van der Waals surface area (Å²) in [6, 6.07) is 10.5. The van der Waals surface area contributed by atoms with Crippen molar-refractivity contribution >= 4 is 29.1 Å². The van der Waals surface area contributed by atoms with Crippen LogP contribution in [0.4, 0.5) is 13.2 Å². The average molecular weight is 378 g/mol. The Morgan fingerprint density at radius 2 is 1.75 bits per heavy atom. The van der Waals surface area contributed by atoms with Crippen LogP contribution in [-0.2, 0) is 6.54 Å². The van der Waals surface area contributed by atoms with Crippen molar-refractivity contribution in [2.75, 3.05) is 6.61 Å². The first kappa shape index (κ1) is 18.4. The molecule has 2 aromatic carbocycles. The minimum absolute atomic E-state index is 0.0975. The Bertz CT molecular complexity index is 718. The van der Waals surface area contributed by atoms with Crippen molar-refractivity contribution in [1.29, 1.82) is 0 Å². The number of hydrogen-bond donors (Lipinski definition) is 1. The molecule has 3 nitrogen and oxygen atoms in total. The number of amides is 1. The summed E-state index contributed by atoms with van der Waals surface area (Å²) in [6.45, 7) is -1.17. The number of ether oxygens (including phenoxy) is 1. The fourth-order valence-corrected chi connectivity index (χ4v) is 2.19. The van der Waals surface area contributed by atoms with Crippen LogP contribution in [0, 0.1) is 0 Å². The number of rotatable bonds is 5. The van der Waals surface area contributed by atoms with Crippen molar-refractivity contribution < 1.29 is 22.7 Å². The summed E-state index contributed by atoms with van der Waals surface area (Å²) < 4.78 is 40.8. The highest BCUT2D eigenvalue weighted by Gasteiger charge is 2.28. The van der Waals surface area contributed by atoms with E-state index in [1.807, 2.05) is 0 Å². The van der Waals surface area contributed by atoms with E-state index < -0.39 is 18.7 Å². The van der Waals surface area contributed by atoms with Gasteiger partial charge in [-0.2, -0.15) is 13.2 Å². The zero-order valence-electron chi connectivity index (χ0n) is 12.2. The Kier molecular flexibility index (Phi) is 5.96. The first-order valence-electron chi connectivity index (χ1n) is 6.76. The number of carbonyl (C=O) groups is 1. The highest BCUT2D eigenvalue weighted by atomic mass is 35.5. The van der Waals surface area contributed by atoms with Crippen LogP contribution in [0.1, 0.15) is 15.9 Å². The Labute approximate surface area is 146 Å². The Morgan fingerprint density at radius 3 is 2.38 bits per heavy atom. The molecule has 0 aliphatic rings. The molecule has 0 saturated carbocycles. The molecule has 1 amide bonds. The van der Waals surface area contributed by atoms with Gasteiger partial charge in [0, 0.05) is 11.6 Å². The number of nitrogens with one attached hydrogen (secondary N) is 1. The number of hydrogen-bond acceptors (Lipinski definition) is 2. The third-order valence-electron chi connectivity index (χ3n) is 2.95. The van der Waals surface area contributed by atoms with Crippen LogP contribution in [0.3, 0.4) is 0 Å². The maximum Gasteiger partial charge on any atom is 0.422 e. The van der Waals surface area contributed by atoms with Crippen molar-refractivity contribution in [1.82, 2.24) is 5.32 Å². The lowest BCUT2D eigenvalue weighted by Crippen LogP contribution is -2.23. The lowest BCUT2D eigenvalue weighted by molar-refractivity contribution is -0.153. The van der Waals surface area contributed by atoms with E-state index in [1.54, 1.807) is 18.2 Å². The van der Waals surface area contributed by atoms with Crippen molar-refractivity contribution in [3.8, 4) is 5.75 Å². The number of benzene rings is 2. The average Bonchev–Trinajstić information content (AvgIpc) is 2.53. The molecule has 0 atom stereocenters. The van der Waals surface area contributed by atoms with Gasteiger partial charge in [0.15, 0.2) is 6.61 Å². The first-order chi connectivity index (χ1) is 11.2. The molecule has 2 rings (SSSR count). The standard InChI is InChI=1S/C16H12Cl2F3NO2/c17-11-3-6-14(18)13(7-11)15(23)22-8-10-1-4-12(5-2-10)24-9-16(19,20)21/h1-7H,8-9H2,(H,22,23). The van der Waals surface area contributed by atoms with E-state index in [9.17, 15) is 18.0 Å². The molecule has 8 heteroatoms. The number of alkyl halides is 3. The fraction of sp³-hybridized carbons (Fsp3) is 0.188. The van der Waals surface area contributed by atoms with Crippen LogP contribution in [0.5, 0.6) is 5.75 Å². The molecule has 0 spiro atoms. The Hall–Kier alpha value is -1.92. The largest absolute Gasteiger partial charge is 0.484 e. The molecule has 24 heavy (non-hydrogen) atoms. The predicted molar refractivity (Wildman–Crippen MR) is 85.6 cm³/mol. The van der Waals surface area contributed by atoms with Gasteiger partial charge in [-0.15, -0.1) is 0 Å². The lowest BCUT2D eigenvalue weighted by atomic mass is 10.2. The first-order valence-corrected chi connectivity index (χ1v) is 7.52. The molecule has 0 aromatic heterocycles. The van der Waals surface area contributed by atoms with E-state index in [-0.39, 0.29) is 22.9 Å². The molecule has 0 radical (unpaired) electrons. The summed E-state index contributed by atoms with van der Waals surface area (Å²) in [6.07, 6.45) is -4.39. The lowest BCUT2D eigenvalue weighted by Gasteiger charge is -2.10. The van der Waals surface area contributed by atoms with Gasteiger partial charge >= 0.3 is 6.18 Å². The van der Waals surface area contributed by atoms with Crippen LogP contribution in [0.2, 0.25) is 10.0 Å². The molecular formula is C16H12Cl2F3NO2. The van der Waals surface area contributed by atoms with E-state index in [1.165, 1.54) is 24.3 Å². The summed E-state index contributed by atoms with van der Waals surface area (Å²) in [4.78, 5) is 12.1. The molecule has 0 aliphatic carbocycles. The van der Waals surface area contributed by atoms with Crippen LogP contribution >= 0.6 is 23.2 Å². The minimum atomic E-state index is -4.39. The maximum absolute atomic E-state index is 12.1. The normalized spacial score (nSPS) is 11.2. The van der Waals surface area contributed by atoms with Crippen molar-refractivity contribution in [2.24, 2.45) is 0 Å². The fourth-order valence-electron chi connectivity index (χ4n) is 1.82. The van der Waals surface area contributed by atoms with E-state index in [0.29, 0.717) is 10.6 Å². The molecule has 0 saturated heterocycles. The second kappa shape index (κ2) is 7.77. The van der Waals surface area contributed by atoms with Crippen LogP contribution < -0.4 is 10.1 Å². The molecule has 0 bridgehead atoms. The summed E-state index contributed by atoms with van der Waals surface area (Å²) in [7, 11) is 0. The number of halogens is 5. The zero-order valence-corrected chi connectivity index (χ0v) is 13.7. The smallest absolute Gasteiger partial charge is 0.422 e. The SMILES string of the molecule is O=C(NCc1ccc(OCC(F)(F)F)cc1)c1cc(Cl)ccc1Cl. The molecule has 1 N–H and O–H groups in total. The van der Waals surface area contributed by atoms with Gasteiger partial charge < -0.3 is 10.1 Å². The van der Waals surface area contributed by atoms with Crippen molar-refractivity contribution in [3.63, 3.8) is 0 Å². The Balaban J connectivity index is 1.92. The summed E-state index contributed by atoms with van der Waals surface area (Å²) in [5, 5.41) is 3.31. The maximum atomic E-state index is 12.1. The van der Waals surface area contributed by atoms with Gasteiger partial charge in [0.1, 0.15) is 5.75 Å². The third kappa shape index (κ3) is 5.62. The van der Waals surface area contributed by atoms with Gasteiger partial charge in [-0.25, -0.2) is 0 Å². The monoisotopic (exact) mass is 377 g/mol. The molecule has 128 valence electrons. The Morgan fingerprint density at radius 1 is 1.08 bits per heavy atom. The highest BCUT2D eigenvalue weighted by molar-refractivity contribution is 6.35. The molecule has 0 unspecified atom stereocenters. The van der Waals surface area contributed by atoms with Gasteiger partial charge in [-0.1, -0.05) is 35.3 Å². The molecule has 0 heterocycles.